The van der Waals surface area contributed by atoms with E-state index >= 15 is 0 Å². The van der Waals surface area contributed by atoms with Crippen LogP contribution in [0.1, 0.15) is 25.1 Å². The molecular weight excluding hydrogens is 277 g/mol. The van der Waals surface area contributed by atoms with Gasteiger partial charge in [0, 0.05) is 17.7 Å². The van der Waals surface area contributed by atoms with Crippen molar-refractivity contribution in [2.24, 2.45) is 5.92 Å². The van der Waals surface area contributed by atoms with Gasteiger partial charge in [0.2, 0.25) is 5.89 Å². The molecule has 1 aromatic carbocycles. The van der Waals surface area contributed by atoms with E-state index in [0.717, 1.165) is 4.90 Å². The first-order valence-corrected chi connectivity index (χ1v) is 7.22. The fraction of sp³-hybridized carbons (Fsp3) is 0.357. The quantitative estimate of drug-likeness (QED) is 0.761. The molecule has 0 aliphatic rings. The Morgan fingerprint density at radius 1 is 1.50 bits per heavy atom. The van der Waals surface area contributed by atoms with Gasteiger partial charge in [0.25, 0.3) is 0 Å². The van der Waals surface area contributed by atoms with Crippen LogP contribution in [0.15, 0.2) is 33.7 Å². The van der Waals surface area contributed by atoms with Gasteiger partial charge in [-0.25, -0.2) is 4.39 Å². The predicted octanol–water partition coefficient (Wildman–Crippen LogP) is 3.59. The van der Waals surface area contributed by atoms with Crippen molar-refractivity contribution in [3.05, 3.63) is 41.8 Å². The van der Waals surface area contributed by atoms with Gasteiger partial charge in [0.15, 0.2) is 5.82 Å². The summed E-state index contributed by atoms with van der Waals surface area (Å²) in [6.45, 7) is 1.97. The number of aromatic nitrogens is 2. The van der Waals surface area contributed by atoms with Gasteiger partial charge in [-0.15, -0.1) is 11.8 Å². The zero-order valence-corrected chi connectivity index (χ0v) is 11.9. The molecule has 1 unspecified atom stereocenters. The molecule has 0 fully saturated rings. The first-order chi connectivity index (χ1) is 9.67. The monoisotopic (exact) mass is 291 g/mol. The summed E-state index contributed by atoms with van der Waals surface area (Å²) in [7, 11) is 0. The highest BCUT2D eigenvalue weighted by Gasteiger charge is 2.11. The van der Waals surface area contributed by atoms with Crippen LogP contribution >= 0.6 is 11.8 Å². The molecule has 0 amide bonds. The molecule has 0 radical (unpaired) electrons. The molecule has 0 N–H and O–H groups in total. The second kappa shape index (κ2) is 7.06. The van der Waals surface area contributed by atoms with E-state index in [1.54, 1.807) is 6.07 Å². The molecule has 1 atom stereocenters. The molecule has 1 heterocycles. The van der Waals surface area contributed by atoms with Crippen molar-refractivity contribution >= 4 is 11.8 Å². The third kappa shape index (κ3) is 4.35. The molecule has 6 heteroatoms. The summed E-state index contributed by atoms with van der Waals surface area (Å²) in [4.78, 5) is 5.10. The average Bonchev–Trinajstić information content (AvgIpc) is 2.84. The summed E-state index contributed by atoms with van der Waals surface area (Å²) in [5.74, 6) is 1.60. The van der Waals surface area contributed by atoms with Gasteiger partial charge in [-0.1, -0.05) is 18.1 Å². The maximum atomic E-state index is 13.0. The number of halogens is 1. The van der Waals surface area contributed by atoms with Crippen LogP contribution in [0, 0.1) is 23.1 Å². The van der Waals surface area contributed by atoms with Crippen molar-refractivity contribution in [1.29, 1.82) is 5.26 Å². The highest BCUT2D eigenvalue weighted by atomic mass is 32.2. The maximum Gasteiger partial charge on any atom is 0.226 e. The molecule has 0 aliphatic heterocycles. The van der Waals surface area contributed by atoms with E-state index in [0.29, 0.717) is 30.3 Å². The lowest BCUT2D eigenvalue weighted by molar-refractivity contribution is 0.356. The smallest absolute Gasteiger partial charge is 0.226 e. The van der Waals surface area contributed by atoms with Gasteiger partial charge >= 0.3 is 0 Å². The topological polar surface area (TPSA) is 62.7 Å². The molecular formula is C14H14FN3OS. The average molecular weight is 291 g/mol. The zero-order chi connectivity index (χ0) is 14.4. The molecule has 0 aliphatic carbocycles. The normalized spacial score (nSPS) is 12.1. The minimum atomic E-state index is -0.255. The summed E-state index contributed by atoms with van der Waals surface area (Å²) in [6.07, 6.45) is 1.07. The van der Waals surface area contributed by atoms with Crippen molar-refractivity contribution in [3.63, 3.8) is 0 Å². The number of nitrogens with zero attached hydrogens (tertiary/aromatic N) is 3. The Morgan fingerprint density at radius 2 is 2.35 bits per heavy atom. The zero-order valence-electron chi connectivity index (χ0n) is 11.0. The SMILES string of the molecule is CC(CC#N)Cc1nc(CSc2cccc(F)c2)no1. The van der Waals surface area contributed by atoms with Crippen LogP contribution in [0.2, 0.25) is 0 Å². The first-order valence-electron chi connectivity index (χ1n) is 6.24. The summed E-state index contributed by atoms with van der Waals surface area (Å²) < 4.78 is 18.2. The van der Waals surface area contributed by atoms with Crippen molar-refractivity contribution in [2.45, 2.75) is 30.4 Å². The molecule has 2 aromatic rings. The van der Waals surface area contributed by atoms with Crippen LogP contribution in [0.4, 0.5) is 4.39 Å². The molecule has 1 aromatic heterocycles. The van der Waals surface area contributed by atoms with Gasteiger partial charge in [-0.2, -0.15) is 10.2 Å². The van der Waals surface area contributed by atoms with Crippen molar-refractivity contribution < 1.29 is 8.91 Å². The molecule has 104 valence electrons. The maximum absolute atomic E-state index is 13.0. The Bertz CT molecular complexity index is 608. The number of rotatable bonds is 6. The van der Waals surface area contributed by atoms with E-state index in [2.05, 4.69) is 16.2 Å². The van der Waals surface area contributed by atoms with Crippen LogP contribution in [-0.2, 0) is 12.2 Å². The highest BCUT2D eigenvalue weighted by Crippen LogP contribution is 2.22. The molecule has 20 heavy (non-hydrogen) atoms. The first kappa shape index (κ1) is 14.5. The molecule has 0 spiro atoms. The second-order valence-electron chi connectivity index (χ2n) is 4.52. The molecule has 2 rings (SSSR count). The van der Waals surface area contributed by atoms with Crippen LogP contribution in [0.5, 0.6) is 0 Å². The van der Waals surface area contributed by atoms with Crippen LogP contribution < -0.4 is 0 Å². The van der Waals surface area contributed by atoms with Gasteiger partial charge in [0.1, 0.15) is 5.82 Å². The Kier molecular flexibility index (Phi) is 5.13. The molecule has 0 bridgehead atoms. The number of nitriles is 1. The minimum absolute atomic E-state index is 0.198. The lowest BCUT2D eigenvalue weighted by Crippen LogP contribution is -1.98. The third-order valence-electron chi connectivity index (χ3n) is 2.64. The number of thioether (sulfide) groups is 1. The van der Waals surface area contributed by atoms with Crippen molar-refractivity contribution in [2.75, 3.05) is 0 Å². The lowest BCUT2D eigenvalue weighted by atomic mass is 10.1. The van der Waals surface area contributed by atoms with Gasteiger partial charge in [0.05, 0.1) is 11.8 Å². The Balaban J connectivity index is 1.88. The van der Waals surface area contributed by atoms with E-state index in [-0.39, 0.29) is 11.7 Å². The number of benzene rings is 1. The summed E-state index contributed by atoms with van der Waals surface area (Å²) in [5.41, 5.74) is 0. The highest BCUT2D eigenvalue weighted by molar-refractivity contribution is 7.98. The standard InChI is InChI=1S/C14H14FN3OS/c1-10(5-6-16)7-14-17-13(18-19-14)9-20-12-4-2-3-11(15)8-12/h2-4,8,10H,5,7,9H2,1H3. The van der Waals surface area contributed by atoms with E-state index in [1.165, 1.54) is 23.9 Å². The van der Waals surface area contributed by atoms with Crippen LogP contribution in [0.3, 0.4) is 0 Å². The Hall–Kier alpha value is -1.87. The molecule has 0 saturated heterocycles. The minimum Gasteiger partial charge on any atom is -0.339 e. The Morgan fingerprint density at radius 3 is 3.10 bits per heavy atom. The van der Waals surface area contributed by atoms with Crippen LogP contribution in [-0.4, -0.2) is 10.1 Å². The van der Waals surface area contributed by atoms with Gasteiger partial charge < -0.3 is 4.52 Å². The summed E-state index contributed by atoms with van der Waals surface area (Å²) in [6, 6.07) is 8.51. The third-order valence-corrected chi connectivity index (χ3v) is 3.63. The fourth-order valence-electron chi connectivity index (χ4n) is 1.66. The number of hydrogen-bond acceptors (Lipinski definition) is 5. The van der Waals surface area contributed by atoms with Gasteiger partial charge in [-0.05, 0) is 24.1 Å². The summed E-state index contributed by atoms with van der Waals surface area (Å²) in [5, 5.41) is 12.5. The molecule has 0 saturated carbocycles. The van der Waals surface area contributed by atoms with Crippen molar-refractivity contribution in [1.82, 2.24) is 10.1 Å². The van der Waals surface area contributed by atoms with E-state index < -0.39 is 0 Å². The predicted molar refractivity (Wildman–Crippen MR) is 73.4 cm³/mol. The van der Waals surface area contributed by atoms with E-state index in [4.69, 9.17) is 9.78 Å². The van der Waals surface area contributed by atoms with Crippen molar-refractivity contribution in [3.8, 4) is 6.07 Å². The van der Waals surface area contributed by atoms with E-state index in [1.807, 2.05) is 13.0 Å². The largest absolute Gasteiger partial charge is 0.339 e. The number of hydrogen-bond donors (Lipinski definition) is 0. The summed E-state index contributed by atoms with van der Waals surface area (Å²) >= 11 is 1.45. The molecule has 4 nitrogen and oxygen atoms in total. The van der Waals surface area contributed by atoms with Gasteiger partial charge in [-0.3, -0.25) is 0 Å². The second-order valence-corrected chi connectivity index (χ2v) is 5.57. The van der Waals surface area contributed by atoms with E-state index in [9.17, 15) is 4.39 Å². The lowest BCUT2D eigenvalue weighted by Gasteiger charge is -2.00. The Labute approximate surface area is 121 Å². The fourth-order valence-corrected chi connectivity index (χ4v) is 2.45. The van der Waals surface area contributed by atoms with Crippen LogP contribution in [0.25, 0.3) is 0 Å².